The van der Waals surface area contributed by atoms with Gasteiger partial charge in [-0.2, -0.15) is 0 Å². The number of carboxylic acid groups (broad SMARTS) is 1. The van der Waals surface area contributed by atoms with E-state index in [2.05, 4.69) is 26.1 Å². The molecule has 0 saturated heterocycles. The van der Waals surface area contributed by atoms with E-state index >= 15 is 0 Å². The van der Waals surface area contributed by atoms with Crippen molar-refractivity contribution in [1.29, 1.82) is 0 Å². The predicted octanol–water partition coefficient (Wildman–Crippen LogP) is 3.67. The van der Waals surface area contributed by atoms with Gasteiger partial charge >= 0.3 is 12.1 Å². The molecular weight excluding hydrogens is 282 g/mol. The molecule has 5 heteroatoms. The normalized spacial score (nSPS) is 26.8. The molecule has 0 heterocycles. The van der Waals surface area contributed by atoms with Gasteiger partial charge in [0.05, 0.1) is 0 Å². The van der Waals surface area contributed by atoms with Gasteiger partial charge in [-0.3, -0.25) is 0 Å². The molecular formula is C17H31NO4. The van der Waals surface area contributed by atoms with Gasteiger partial charge in [0.15, 0.2) is 0 Å². The van der Waals surface area contributed by atoms with Gasteiger partial charge in [-0.05, 0) is 42.9 Å². The third-order valence-electron chi connectivity index (χ3n) is 4.52. The second kappa shape index (κ2) is 8.39. The fourth-order valence-electron chi connectivity index (χ4n) is 3.26. The Labute approximate surface area is 133 Å². The van der Waals surface area contributed by atoms with Crippen LogP contribution < -0.4 is 5.32 Å². The molecule has 128 valence electrons. The lowest BCUT2D eigenvalue weighted by molar-refractivity contribution is -0.139. The van der Waals surface area contributed by atoms with E-state index in [1.54, 1.807) is 0 Å². The summed E-state index contributed by atoms with van der Waals surface area (Å²) in [6.45, 7) is 10.3. The van der Waals surface area contributed by atoms with Gasteiger partial charge < -0.3 is 15.2 Å². The molecule has 1 fully saturated rings. The van der Waals surface area contributed by atoms with E-state index < -0.39 is 18.1 Å². The minimum absolute atomic E-state index is 0.114. The Morgan fingerprint density at radius 2 is 1.86 bits per heavy atom. The average molecular weight is 313 g/mol. The van der Waals surface area contributed by atoms with Crippen molar-refractivity contribution in [3.8, 4) is 0 Å². The number of nitrogens with one attached hydrogen (secondary N) is 1. The van der Waals surface area contributed by atoms with Crippen LogP contribution in [0.25, 0.3) is 0 Å². The Kier molecular flexibility index (Phi) is 7.17. The number of hydrogen-bond acceptors (Lipinski definition) is 3. The minimum Gasteiger partial charge on any atom is -0.480 e. The molecule has 0 aromatic heterocycles. The fraction of sp³-hybridized carbons (Fsp3) is 0.882. The highest BCUT2D eigenvalue weighted by Crippen LogP contribution is 2.35. The third kappa shape index (κ3) is 5.85. The topological polar surface area (TPSA) is 75.6 Å². The van der Waals surface area contributed by atoms with Crippen molar-refractivity contribution in [2.45, 2.75) is 72.4 Å². The van der Waals surface area contributed by atoms with Gasteiger partial charge in [0.1, 0.15) is 12.1 Å². The van der Waals surface area contributed by atoms with Crippen LogP contribution in [0.5, 0.6) is 0 Å². The largest absolute Gasteiger partial charge is 0.480 e. The SMILES string of the molecule is CC(C)C[C@H](NC(=O)OC1CC(C)CCC1C(C)C)C(=O)O. The zero-order valence-corrected chi connectivity index (χ0v) is 14.5. The summed E-state index contributed by atoms with van der Waals surface area (Å²) in [7, 11) is 0. The van der Waals surface area contributed by atoms with Crippen LogP contribution in [0.15, 0.2) is 0 Å². The first-order valence-corrected chi connectivity index (χ1v) is 8.40. The fourth-order valence-corrected chi connectivity index (χ4v) is 3.26. The van der Waals surface area contributed by atoms with Crippen molar-refractivity contribution < 1.29 is 19.4 Å². The summed E-state index contributed by atoms with van der Waals surface area (Å²) >= 11 is 0. The highest BCUT2D eigenvalue weighted by molar-refractivity contribution is 5.79. The lowest BCUT2D eigenvalue weighted by Gasteiger charge is -2.36. The van der Waals surface area contributed by atoms with Crippen LogP contribution in [0.3, 0.4) is 0 Å². The Hall–Kier alpha value is -1.26. The van der Waals surface area contributed by atoms with E-state index in [1.807, 2.05) is 13.8 Å². The van der Waals surface area contributed by atoms with Crippen molar-refractivity contribution in [2.24, 2.45) is 23.7 Å². The van der Waals surface area contributed by atoms with Crippen molar-refractivity contribution in [3.63, 3.8) is 0 Å². The lowest BCUT2D eigenvalue weighted by Crippen LogP contribution is -2.45. The summed E-state index contributed by atoms with van der Waals surface area (Å²) in [4.78, 5) is 23.3. The summed E-state index contributed by atoms with van der Waals surface area (Å²) in [5.41, 5.74) is 0. The molecule has 3 unspecified atom stereocenters. The molecule has 0 aromatic rings. The molecule has 0 bridgehead atoms. The summed E-state index contributed by atoms with van der Waals surface area (Å²) in [5, 5.41) is 11.7. The molecule has 1 saturated carbocycles. The maximum atomic E-state index is 12.1. The molecule has 0 aromatic carbocycles. The van der Waals surface area contributed by atoms with E-state index in [0.717, 1.165) is 19.3 Å². The smallest absolute Gasteiger partial charge is 0.408 e. The van der Waals surface area contributed by atoms with E-state index in [4.69, 9.17) is 4.74 Å². The predicted molar refractivity (Wildman–Crippen MR) is 85.6 cm³/mol. The van der Waals surface area contributed by atoms with Crippen LogP contribution in [0, 0.1) is 23.7 Å². The molecule has 0 spiro atoms. The number of aliphatic carboxylic acids is 1. The number of amides is 1. The average Bonchev–Trinajstić information content (AvgIpc) is 2.36. The van der Waals surface area contributed by atoms with E-state index in [-0.39, 0.29) is 12.0 Å². The number of ether oxygens (including phenoxy) is 1. The summed E-state index contributed by atoms with van der Waals surface area (Å²) in [6, 6.07) is -0.883. The Morgan fingerprint density at radius 1 is 1.23 bits per heavy atom. The van der Waals surface area contributed by atoms with Gasteiger partial charge in [0.2, 0.25) is 0 Å². The van der Waals surface area contributed by atoms with Crippen LogP contribution in [-0.2, 0) is 9.53 Å². The number of alkyl carbamates (subject to hydrolysis) is 1. The zero-order valence-electron chi connectivity index (χ0n) is 14.5. The van der Waals surface area contributed by atoms with E-state index in [0.29, 0.717) is 24.2 Å². The number of rotatable bonds is 6. The second-order valence-corrected chi connectivity index (χ2v) is 7.43. The summed E-state index contributed by atoms with van der Waals surface area (Å²) in [5.74, 6) is 0.535. The quantitative estimate of drug-likeness (QED) is 0.784. The molecule has 1 amide bonds. The monoisotopic (exact) mass is 313 g/mol. The standard InChI is InChI=1S/C17H31NO4/c1-10(2)8-14(16(19)20)18-17(21)22-15-9-12(5)6-7-13(15)11(3)4/h10-15H,6-9H2,1-5H3,(H,18,21)(H,19,20)/t12?,13?,14-,15?/m0/s1. The summed E-state index contributed by atoms with van der Waals surface area (Å²) in [6.07, 6.45) is 2.77. The Balaban J connectivity index is 2.62. The van der Waals surface area contributed by atoms with Crippen LogP contribution >= 0.6 is 0 Å². The van der Waals surface area contributed by atoms with Crippen LogP contribution in [0.1, 0.15) is 60.3 Å². The van der Waals surface area contributed by atoms with Gasteiger partial charge in [0.25, 0.3) is 0 Å². The Bertz CT molecular complexity index is 381. The molecule has 0 radical (unpaired) electrons. The molecule has 4 atom stereocenters. The highest BCUT2D eigenvalue weighted by atomic mass is 16.6. The first-order valence-electron chi connectivity index (χ1n) is 8.40. The molecule has 1 rings (SSSR count). The summed E-state index contributed by atoms with van der Waals surface area (Å²) < 4.78 is 5.58. The third-order valence-corrected chi connectivity index (χ3v) is 4.52. The number of carboxylic acids is 1. The number of carbonyl (C=O) groups excluding carboxylic acids is 1. The van der Waals surface area contributed by atoms with Crippen LogP contribution in [0.2, 0.25) is 0 Å². The molecule has 1 aliphatic rings. The first kappa shape index (κ1) is 18.8. The molecule has 1 aliphatic carbocycles. The molecule has 5 nitrogen and oxygen atoms in total. The Morgan fingerprint density at radius 3 is 2.36 bits per heavy atom. The van der Waals surface area contributed by atoms with Crippen molar-refractivity contribution in [1.82, 2.24) is 5.32 Å². The maximum Gasteiger partial charge on any atom is 0.408 e. The van der Waals surface area contributed by atoms with E-state index in [9.17, 15) is 14.7 Å². The molecule has 22 heavy (non-hydrogen) atoms. The van der Waals surface area contributed by atoms with Crippen LogP contribution in [-0.4, -0.2) is 29.3 Å². The van der Waals surface area contributed by atoms with Crippen molar-refractivity contribution >= 4 is 12.1 Å². The first-order chi connectivity index (χ1) is 10.2. The van der Waals surface area contributed by atoms with Crippen LogP contribution in [0.4, 0.5) is 4.79 Å². The van der Waals surface area contributed by atoms with E-state index in [1.165, 1.54) is 0 Å². The lowest BCUT2D eigenvalue weighted by atomic mass is 9.75. The van der Waals surface area contributed by atoms with Crippen molar-refractivity contribution in [3.05, 3.63) is 0 Å². The van der Waals surface area contributed by atoms with Gasteiger partial charge in [-0.1, -0.05) is 41.0 Å². The second-order valence-electron chi connectivity index (χ2n) is 7.43. The molecule has 2 N–H and O–H groups in total. The number of carbonyl (C=O) groups is 2. The van der Waals surface area contributed by atoms with Gasteiger partial charge in [0, 0.05) is 0 Å². The molecule has 0 aliphatic heterocycles. The van der Waals surface area contributed by atoms with Gasteiger partial charge in [-0.25, -0.2) is 9.59 Å². The maximum absolute atomic E-state index is 12.1. The number of hydrogen-bond donors (Lipinski definition) is 2. The zero-order chi connectivity index (χ0) is 16.9. The highest BCUT2D eigenvalue weighted by Gasteiger charge is 2.34. The van der Waals surface area contributed by atoms with Crippen molar-refractivity contribution in [2.75, 3.05) is 0 Å². The minimum atomic E-state index is -1.01. The van der Waals surface area contributed by atoms with Gasteiger partial charge in [-0.15, -0.1) is 0 Å².